The van der Waals surface area contributed by atoms with E-state index in [4.69, 9.17) is 0 Å². The first-order valence-electron chi connectivity index (χ1n) is 5.38. The van der Waals surface area contributed by atoms with Crippen molar-refractivity contribution in [1.82, 2.24) is 15.5 Å². The van der Waals surface area contributed by atoms with Crippen LogP contribution in [0.15, 0.2) is 28.7 Å². The summed E-state index contributed by atoms with van der Waals surface area (Å²) in [5, 5.41) is 10.9. The van der Waals surface area contributed by atoms with Crippen molar-refractivity contribution in [2.45, 2.75) is 13.0 Å². The quantitative estimate of drug-likeness (QED) is 0.841. The van der Waals surface area contributed by atoms with E-state index in [9.17, 15) is 0 Å². The summed E-state index contributed by atoms with van der Waals surface area (Å²) in [6.45, 7) is 1.93. The van der Waals surface area contributed by atoms with Crippen LogP contribution in [0.25, 0.3) is 11.3 Å². The van der Waals surface area contributed by atoms with Crippen molar-refractivity contribution in [3.8, 4) is 11.3 Å². The normalized spacial score (nSPS) is 14.8. The molecule has 4 heteroatoms. The Kier molecular flexibility index (Phi) is 2.53. The molecule has 3 nitrogen and oxygen atoms in total. The summed E-state index contributed by atoms with van der Waals surface area (Å²) in [6, 6.07) is 8.22. The fourth-order valence-electron chi connectivity index (χ4n) is 2.12. The predicted molar refractivity (Wildman–Crippen MR) is 67.1 cm³/mol. The van der Waals surface area contributed by atoms with Crippen LogP contribution in [0.1, 0.15) is 11.3 Å². The number of aromatic amines is 1. The van der Waals surface area contributed by atoms with E-state index < -0.39 is 0 Å². The molecule has 2 heterocycles. The van der Waals surface area contributed by atoms with Crippen molar-refractivity contribution in [1.29, 1.82) is 0 Å². The van der Waals surface area contributed by atoms with E-state index in [-0.39, 0.29) is 0 Å². The minimum Gasteiger partial charge on any atom is -0.311 e. The van der Waals surface area contributed by atoms with Gasteiger partial charge in [-0.05, 0) is 19.0 Å². The van der Waals surface area contributed by atoms with Crippen LogP contribution in [0, 0.1) is 0 Å². The van der Waals surface area contributed by atoms with Crippen LogP contribution in [0.5, 0.6) is 0 Å². The highest BCUT2D eigenvalue weighted by Crippen LogP contribution is 2.31. The van der Waals surface area contributed by atoms with Crippen molar-refractivity contribution in [3.05, 3.63) is 40.0 Å². The molecule has 0 aliphatic carbocycles. The largest absolute Gasteiger partial charge is 0.311 e. The first kappa shape index (κ1) is 10.1. The number of hydrogen-bond acceptors (Lipinski definition) is 2. The second kappa shape index (κ2) is 4.03. The molecule has 1 aliphatic rings. The van der Waals surface area contributed by atoms with Crippen molar-refractivity contribution < 1.29 is 0 Å². The smallest absolute Gasteiger partial charge is 0.0967 e. The first-order valence-corrected chi connectivity index (χ1v) is 6.17. The van der Waals surface area contributed by atoms with Gasteiger partial charge in [0.2, 0.25) is 0 Å². The third-order valence-electron chi connectivity index (χ3n) is 2.94. The Morgan fingerprint density at radius 1 is 1.25 bits per heavy atom. The van der Waals surface area contributed by atoms with Gasteiger partial charge in [-0.3, -0.25) is 5.10 Å². The lowest BCUT2D eigenvalue weighted by Crippen LogP contribution is -2.23. The molecular formula is C12H12BrN3. The van der Waals surface area contributed by atoms with Gasteiger partial charge in [0.25, 0.3) is 0 Å². The number of H-pyrrole nitrogens is 1. The zero-order chi connectivity index (χ0) is 11.0. The van der Waals surface area contributed by atoms with Gasteiger partial charge in [0, 0.05) is 22.1 Å². The minimum absolute atomic E-state index is 0.896. The van der Waals surface area contributed by atoms with Gasteiger partial charge in [0.05, 0.1) is 11.4 Å². The zero-order valence-electron chi connectivity index (χ0n) is 8.76. The summed E-state index contributed by atoms with van der Waals surface area (Å²) in [5.41, 5.74) is 4.83. The van der Waals surface area contributed by atoms with Gasteiger partial charge in [-0.2, -0.15) is 5.10 Å². The minimum atomic E-state index is 0.896. The molecule has 3 rings (SSSR count). The van der Waals surface area contributed by atoms with Gasteiger partial charge in [0.15, 0.2) is 0 Å². The predicted octanol–water partition coefficient (Wildman–Crippen LogP) is 2.48. The van der Waals surface area contributed by atoms with Crippen LogP contribution in [-0.2, 0) is 13.0 Å². The molecule has 2 N–H and O–H groups in total. The molecule has 1 aromatic carbocycles. The van der Waals surface area contributed by atoms with Crippen LogP contribution < -0.4 is 5.32 Å². The van der Waals surface area contributed by atoms with Crippen LogP contribution in [0.2, 0.25) is 0 Å². The standard InChI is InChI=1S/C12H12BrN3/c13-10-4-2-1-3-8(10)12-9-5-6-14-7-11(9)15-16-12/h1-4,14H,5-7H2,(H,15,16). The molecule has 0 saturated heterocycles. The molecule has 1 aromatic heterocycles. The lowest BCUT2D eigenvalue weighted by molar-refractivity contribution is 0.633. The average Bonchev–Trinajstić information content (AvgIpc) is 2.74. The molecule has 0 unspecified atom stereocenters. The maximum absolute atomic E-state index is 4.43. The third kappa shape index (κ3) is 1.58. The van der Waals surface area contributed by atoms with Gasteiger partial charge < -0.3 is 5.32 Å². The molecule has 1 aliphatic heterocycles. The van der Waals surface area contributed by atoms with Gasteiger partial charge in [-0.15, -0.1) is 0 Å². The van der Waals surface area contributed by atoms with E-state index in [1.165, 1.54) is 16.8 Å². The second-order valence-corrected chi connectivity index (χ2v) is 4.79. The molecule has 0 spiro atoms. The number of hydrogen-bond donors (Lipinski definition) is 2. The van der Waals surface area contributed by atoms with Crippen molar-refractivity contribution in [2.75, 3.05) is 6.54 Å². The lowest BCUT2D eigenvalue weighted by atomic mass is 10.0. The van der Waals surface area contributed by atoms with Gasteiger partial charge in [0.1, 0.15) is 0 Å². The highest BCUT2D eigenvalue weighted by atomic mass is 79.9. The van der Waals surface area contributed by atoms with E-state index in [0.717, 1.165) is 29.7 Å². The van der Waals surface area contributed by atoms with Gasteiger partial charge in [-0.1, -0.05) is 34.1 Å². The second-order valence-electron chi connectivity index (χ2n) is 3.94. The Balaban J connectivity index is 2.13. The molecule has 16 heavy (non-hydrogen) atoms. The van der Waals surface area contributed by atoms with E-state index in [1.807, 2.05) is 12.1 Å². The van der Waals surface area contributed by atoms with Crippen LogP contribution >= 0.6 is 15.9 Å². The number of halogens is 1. The first-order chi connectivity index (χ1) is 7.86. The molecule has 0 fully saturated rings. The van der Waals surface area contributed by atoms with Crippen molar-refractivity contribution in [2.24, 2.45) is 0 Å². The van der Waals surface area contributed by atoms with Crippen LogP contribution in [0.3, 0.4) is 0 Å². The number of rotatable bonds is 1. The lowest BCUT2D eigenvalue weighted by Gasteiger charge is -2.13. The third-order valence-corrected chi connectivity index (χ3v) is 3.63. The van der Waals surface area contributed by atoms with E-state index in [2.05, 4.69) is 43.6 Å². The molecule has 0 radical (unpaired) electrons. The molecule has 0 saturated carbocycles. The van der Waals surface area contributed by atoms with Crippen molar-refractivity contribution in [3.63, 3.8) is 0 Å². The average molecular weight is 278 g/mol. The number of fused-ring (bicyclic) bond motifs is 1. The van der Waals surface area contributed by atoms with Crippen LogP contribution in [-0.4, -0.2) is 16.7 Å². The molecule has 2 aromatic rings. The van der Waals surface area contributed by atoms with Crippen molar-refractivity contribution >= 4 is 15.9 Å². The highest BCUT2D eigenvalue weighted by molar-refractivity contribution is 9.10. The van der Waals surface area contributed by atoms with E-state index in [0.29, 0.717) is 0 Å². The SMILES string of the molecule is Brc1ccccc1-c1n[nH]c2c1CCNC2. The topological polar surface area (TPSA) is 40.7 Å². The van der Waals surface area contributed by atoms with E-state index in [1.54, 1.807) is 0 Å². The maximum atomic E-state index is 4.43. The highest BCUT2D eigenvalue weighted by Gasteiger charge is 2.18. The summed E-state index contributed by atoms with van der Waals surface area (Å²) < 4.78 is 1.10. The summed E-state index contributed by atoms with van der Waals surface area (Å²) in [4.78, 5) is 0. The Labute approximate surface area is 102 Å². The Bertz CT molecular complexity index is 519. The molecule has 0 amide bonds. The molecule has 0 bridgehead atoms. The molecule has 0 atom stereocenters. The summed E-state index contributed by atoms with van der Waals surface area (Å²) in [7, 11) is 0. The maximum Gasteiger partial charge on any atom is 0.0967 e. The van der Waals surface area contributed by atoms with Crippen LogP contribution in [0.4, 0.5) is 0 Å². The Morgan fingerprint density at radius 2 is 2.12 bits per heavy atom. The Hall–Kier alpha value is -1.13. The fraction of sp³-hybridized carbons (Fsp3) is 0.250. The van der Waals surface area contributed by atoms with Gasteiger partial charge in [-0.25, -0.2) is 0 Å². The van der Waals surface area contributed by atoms with Gasteiger partial charge >= 0.3 is 0 Å². The summed E-state index contributed by atoms with van der Waals surface area (Å²) in [6.07, 6.45) is 1.04. The number of nitrogens with zero attached hydrogens (tertiary/aromatic N) is 1. The molecular weight excluding hydrogens is 266 g/mol. The number of nitrogens with one attached hydrogen (secondary N) is 2. The fourth-order valence-corrected chi connectivity index (χ4v) is 2.59. The molecule has 82 valence electrons. The zero-order valence-corrected chi connectivity index (χ0v) is 10.3. The van der Waals surface area contributed by atoms with E-state index >= 15 is 0 Å². The summed E-state index contributed by atoms with van der Waals surface area (Å²) in [5.74, 6) is 0. The summed E-state index contributed by atoms with van der Waals surface area (Å²) >= 11 is 3.58. The number of aromatic nitrogens is 2. The Morgan fingerprint density at radius 3 is 3.00 bits per heavy atom. The number of benzene rings is 1. The monoisotopic (exact) mass is 277 g/mol.